The molecule has 1 aliphatic rings. The van der Waals surface area contributed by atoms with E-state index in [1.54, 1.807) is 0 Å². The van der Waals surface area contributed by atoms with Crippen LogP contribution in [0.1, 0.15) is 51.7 Å². The van der Waals surface area contributed by atoms with Crippen molar-refractivity contribution in [1.29, 1.82) is 0 Å². The van der Waals surface area contributed by atoms with E-state index in [1.165, 1.54) is 12.8 Å². The predicted molar refractivity (Wildman–Crippen MR) is 121 cm³/mol. The summed E-state index contributed by atoms with van der Waals surface area (Å²) in [5, 5.41) is 9.00. The molecule has 0 atom stereocenters. The second kappa shape index (κ2) is 8.49. The fourth-order valence-electron chi connectivity index (χ4n) is 4.20. The molecule has 2 aromatic carbocycles. The maximum atomic E-state index is 13.2. The Kier molecular flexibility index (Phi) is 5.39. The number of rotatable bonds is 6. The maximum absolute atomic E-state index is 13.2. The van der Waals surface area contributed by atoms with Gasteiger partial charge in [-0.25, -0.2) is 4.98 Å². The Morgan fingerprint density at radius 2 is 2.00 bits per heavy atom. The Morgan fingerprint density at radius 3 is 2.75 bits per heavy atom. The molecule has 0 unspecified atom stereocenters. The minimum atomic E-state index is -0.185. The third-order valence-corrected chi connectivity index (χ3v) is 6.03. The number of imidazole rings is 1. The van der Waals surface area contributed by atoms with Gasteiger partial charge in [-0.1, -0.05) is 29.4 Å². The molecule has 0 fully saturated rings. The largest absolute Gasteiger partial charge is 0.488 e. The van der Waals surface area contributed by atoms with Crippen LogP contribution in [0, 0.1) is 13.8 Å². The van der Waals surface area contributed by atoms with E-state index in [-0.39, 0.29) is 12.5 Å². The van der Waals surface area contributed by atoms with E-state index in [4.69, 9.17) is 9.26 Å². The van der Waals surface area contributed by atoms with Crippen LogP contribution in [0.3, 0.4) is 0 Å². The average molecular weight is 431 g/mol. The first-order valence-electron chi connectivity index (χ1n) is 11.0. The first kappa shape index (κ1) is 20.3. The Labute approximate surface area is 186 Å². The molecular formula is C25H26N4O3. The van der Waals surface area contributed by atoms with E-state index in [9.17, 15) is 4.79 Å². The zero-order chi connectivity index (χ0) is 22.1. The Hall–Kier alpha value is -3.61. The SMILES string of the molecule is Cc1noc(C)c1COc1cc2ccccc2cc1C(=O)NCc1cn2c(n1)CCCC2. The molecule has 0 spiro atoms. The van der Waals surface area contributed by atoms with E-state index in [0.29, 0.717) is 17.9 Å². The number of nitrogens with zero attached hydrogens (tertiary/aromatic N) is 3. The van der Waals surface area contributed by atoms with Crippen LogP contribution in [-0.2, 0) is 26.1 Å². The van der Waals surface area contributed by atoms with E-state index < -0.39 is 0 Å². The van der Waals surface area contributed by atoms with Crippen molar-refractivity contribution in [2.75, 3.05) is 0 Å². The number of fused-ring (bicyclic) bond motifs is 2. The molecule has 0 aliphatic carbocycles. The first-order valence-corrected chi connectivity index (χ1v) is 11.0. The summed E-state index contributed by atoms with van der Waals surface area (Å²) in [6, 6.07) is 11.7. The quantitative estimate of drug-likeness (QED) is 0.487. The van der Waals surface area contributed by atoms with Crippen LogP contribution in [0.5, 0.6) is 5.75 Å². The zero-order valence-electron chi connectivity index (χ0n) is 18.4. The van der Waals surface area contributed by atoms with Gasteiger partial charge in [0.15, 0.2) is 0 Å². The van der Waals surface area contributed by atoms with Gasteiger partial charge < -0.3 is 19.1 Å². The Morgan fingerprint density at radius 1 is 1.19 bits per heavy atom. The van der Waals surface area contributed by atoms with E-state index in [1.807, 2.05) is 56.4 Å². The van der Waals surface area contributed by atoms with Gasteiger partial charge in [-0.3, -0.25) is 4.79 Å². The molecule has 4 aromatic rings. The van der Waals surface area contributed by atoms with E-state index in [2.05, 4.69) is 20.0 Å². The van der Waals surface area contributed by atoms with Gasteiger partial charge in [0.2, 0.25) is 0 Å². The van der Waals surface area contributed by atoms with Crippen LogP contribution in [0.15, 0.2) is 47.1 Å². The van der Waals surface area contributed by atoms with Crippen LogP contribution < -0.4 is 10.1 Å². The van der Waals surface area contributed by atoms with Gasteiger partial charge in [0.25, 0.3) is 5.91 Å². The van der Waals surface area contributed by atoms with Gasteiger partial charge in [0, 0.05) is 19.2 Å². The molecular weight excluding hydrogens is 404 g/mol. The molecule has 5 rings (SSSR count). The molecule has 0 saturated heterocycles. The molecule has 2 aromatic heterocycles. The van der Waals surface area contributed by atoms with Crippen molar-refractivity contribution < 1.29 is 14.1 Å². The van der Waals surface area contributed by atoms with E-state index >= 15 is 0 Å². The highest BCUT2D eigenvalue weighted by Gasteiger charge is 2.18. The molecule has 0 saturated carbocycles. The maximum Gasteiger partial charge on any atom is 0.255 e. The van der Waals surface area contributed by atoms with Gasteiger partial charge in [-0.2, -0.15) is 0 Å². The number of aromatic nitrogens is 3. The molecule has 3 heterocycles. The number of carbonyl (C=O) groups is 1. The van der Waals surface area contributed by atoms with E-state index in [0.717, 1.165) is 52.3 Å². The molecule has 32 heavy (non-hydrogen) atoms. The highest BCUT2D eigenvalue weighted by atomic mass is 16.5. The third-order valence-electron chi connectivity index (χ3n) is 6.03. The normalized spacial score (nSPS) is 13.2. The lowest BCUT2D eigenvalue weighted by Crippen LogP contribution is -2.23. The predicted octanol–water partition coefficient (Wildman–Crippen LogP) is 4.49. The molecule has 1 N–H and O–H groups in total. The second-order valence-corrected chi connectivity index (χ2v) is 8.27. The highest BCUT2D eigenvalue weighted by molar-refractivity contribution is 6.01. The van der Waals surface area contributed by atoms with Crippen molar-refractivity contribution >= 4 is 16.7 Å². The number of hydrogen-bond acceptors (Lipinski definition) is 5. The number of amides is 1. The highest BCUT2D eigenvalue weighted by Crippen LogP contribution is 2.28. The molecule has 1 amide bonds. The number of ether oxygens (including phenoxy) is 1. The summed E-state index contributed by atoms with van der Waals surface area (Å²) < 4.78 is 13.5. The van der Waals surface area contributed by atoms with Crippen molar-refractivity contribution in [1.82, 2.24) is 20.0 Å². The second-order valence-electron chi connectivity index (χ2n) is 8.27. The smallest absolute Gasteiger partial charge is 0.255 e. The average Bonchev–Trinajstić information content (AvgIpc) is 3.37. The number of benzene rings is 2. The minimum absolute atomic E-state index is 0.185. The first-order chi connectivity index (χ1) is 15.6. The lowest BCUT2D eigenvalue weighted by atomic mass is 10.1. The number of nitrogens with one attached hydrogen (secondary N) is 1. The Balaban J connectivity index is 1.38. The molecule has 1 aliphatic heterocycles. The molecule has 0 bridgehead atoms. The van der Waals surface area contributed by atoms with Gasteiger partial charge in [0.1, 0.15) is 23.9 Å². The fourth-order valence-corrected chi connectivity index (χ4v) is 4.20. The van der Waals surface area contributed by atoms with Gasteiger partial charge in [-0.05, 0) is 49.6 Å². The topological polar surface area (TPSA) is 82.2 Å². The number of hydrogen-bond donors (Lipinski definition) is 1. The molecule has 0 radical (unpaired) electrons. The van der Waals surface area contributed by atoms with Crippen molar-refractivity contribution in [3.05, 3.63) is 76.7 Å². The van der Waals surface area contributed by atoms with Crippen LogP contribution in [0.4, 0.5) is 0 Å². The van der Waals surface area contributed by atoms with Crippen molar-refractivity contribution in [3.8, 4) is 5.75 Å². The lowest BCUT2D eigenvalue weighted by Gasteiger charge is -2.13. The minimum Gasteiger partial charge on any atom is -0.488 e. The number of aryl methyl sites for hydroxylation is 4. The van der Waals surface area contributed by atoms with Crippen molar-refractivity contribution in [2.45, 2.75) is 52.8 Å². The summed E-state index contributed by atoms with van der Waals surface area (Å²) in [5.41, 5.74) is 3.07. The summed E-state index contributed by atoms with van der Waals surface area (Å²) in [5.74, 6) is 2.17. The summed E-state index contributed by atoms with van der Waals surface area (Å²) in [7, 11) is 0. The lowest BCUT2D eigenvalue weighted by molar-refractivity contribution is 0.0946. The molecule has 7 heteroatoms. The summed E-state index contributed by atoms with van der Waals surface area (Å²) in [6.45, 7) is 5.41. The fraction of sp³-hybridized carbons (Fsp3) is 0.320. The summed E-state index contributed by atoms with van der Waals surface area (Å²) >= 11 is 0. The Bertz CT molecular complexity index is 1240. The van der Waals surface area contributed by atoms with Gasteiger partial charge in [-0.15, -0.1) is 0 Å². The van der Waals surface area contributed by atoms with Crippen LogP contribution in [-0.4, -0.2) is 20.6 Å². The van der Waals surface area contributed by atoms with Crippen LogP contribution in [0.25, 0.3) is 10.8 Å². The molecule has 7 nitrogen and oxygen atoms in total. The van der Waals surface area contributed by atoms with Gasteiger partial charge >= 0.3 is 0 Å². The monoisotopic (exact) mass is 430 g/mol. The molecule has 164 valence electrons. The standard InChI is InChI=1S/C25H26N4O3/c1-16-22(17(2)32-28-16)15-31-23-12-19-8-4-3-7-18(19)11-21(23)25(30)26-13-20-14-29-10-6-5-9-24(29)27-20/h3-4,7-8,11-12,14H,5-6,9-10,13,15H2,1-2H3,(H,26,30). The zero-order valence-corrected chi connectivity index (χ0v) is 18.4. The summed E-state index contributed by atoms with van der Waals surface area (Å²) in [6.07, 6.45) is 5.39. The third kappa shape index (κ3) is 3.98. The number of carbonyl (C=O) groups excluding carboxylic acids is 1. The van der Waals surface area contributed by atoms with Crippen LogP contribution >= 0.6 is 0 Å². The van der Waals surface area contributed by atoms with Crippen molar-refractivity contribution in [3.63, 3.8) is 0 Å². The van der Waals surface area contributed by atoms with Crippen molar-refractivity contribution in [2.24, 2.45) is 0 Å². The van der Waals surface area contributed by atoms with Gasteiger partial charge in [0.05, 0.1) is 29.1 Å². The summed E-state index contributed by atoms with van der Waals surface area (Å²) in [4.78, 5) is 17.8. The van der Waals surface area contributed by atoms with Crippen LogP contribution in [0.2, 0.25) is 0 Å².